The third-order valence-corrected chi connectivity index (χ3v) is 4.79. The average molecular weight is 468 g/mol. The monoisotopic (exact) mass is 467 g/mol. The molecule has 2 aromatic carbocycles. The van der Waals surface area contributed by atoms with E-state index < -0.39 is 29.7 Å². The van der Waals surface area contributed by atoms with Gasteiger partial charge >= 0.3 is 12.1 Å². The summed E-state index contributed by atoms with van der Waals surface area (Å²) in [5.74, 6) is -1.33. The van der Waals surface area contributed by atoms with Crippen LogP contribution in [0.2, 0.25) is 5.02 Å². The number of carbonyl (C=O) groups excluding carboxylic acids is 2. The van der Waals surface area contributed by atoms with Crippen LogP contribution >= 0.6 is 11.6 Å². The Morgan fingerprint density at radius 1 is 1.22 bits per heavy atom. The van der Waals surface area contributed by atoms with Crippen molar-refractivity contribution in [2.75, 3.05) is 5.32 Å². The number of carbonyl (C=O) groups is 2. The number of aromatic nitrogens is 2. The Labute approximate surface area is 184 Å². The largest absolute Gasteiger partial charge is 0.453 e. The van der Waals surface area contributed by atoms with Gasteiger partial charge in [0.25, 0.3) is 11.5 Å². The lowest BCUT2D eigenvalue weighted by atomic mass is 10.2. The number of hydrogen-bond acceptors (Lipinski definition) is 5. The van der Waals surface area contributed by atoms with Gasteiger partial charge in [-0.25, -0.2) is 4.98 Å². The molecular formula is C21H17ClF3N3O4. The lowest BCUT2D eigenvalue weighted by Crippen LogP contribution is -2.30. The van der Waals surface area contributed by atoms with Crippen molar-refractivity contribution < 1.29 is 27.5 Å². The summed E-state index contributed by atoms with van der Waals surface area (Å²) in [5, 5.41) is 2.53. The first-order valence-electron chi connectivity index (χ1n) is 9.39. The van der Waals surface area contributed by atoms with Gasteiger partial charge in [-0.2, -0.15) is 13.2 Å². The molecule has 1 aromatic heterocycles. The van der Waals surface area contributed by atoms with Crippen LogP contribution < -0.4 is 10.9 Å². The van der Waals surface area contributed by atoms with Crippen LogP contribution in [0.25, 0.3) is 10.9 Å². The molecule has 1 amide bonds. The molecule has 2 N–H and O–H groups in total. The third kappa shape index (κ3) is 5.64. The zero-order chi connectivity index (χ0) is 23.5. The fourth-order valence-corrected chi connectivity index (χ4v) is 2.98. The number of nitrogens with one attached hydrogen (secondary N) is 2. The highest BCUT2D eigenvalue weighted by atomic mass is 35.5. The Morgan fingerprint density at radius 2 is 1.94 bits per heavy atom. The van der Waals surface area contributed by atoms with Crippen LogP contribution in [0.4, 0.5) is 18.9 Å². The number of nitrogens with zero attached hydrogens (tertiary/aromatic N) is 1. The van der Waals surface area contributed by atoms with E-state index in [1.165, 1.54) is 6.92 Å². The molecule has 7 nitrogen and oxygen atoms in total. The molecule has 1 atom stereocenters. The number of esters is 1. The minimum atomic E-state index is -4.61. The van der Waals surface area contributed by atoms with Gasteiger partial charge in [0.1, 0.15) is 5.82 Å². The number of alkyl halides is 3. The van der Waals surface area contributed by atoms with Crippen molar-refractivity contribution >= 4 is 40.1 Å². The third-order valence-electron chi connectivity index (χ3n) is 4.46. The molecule has 0 aliphatic carbocycles. The summed E-state index contributed by atoms with van der Waals surface area (Å²) in [5.41, 5.74) is -1.11. The van der Waals surface area contributed by atoms with Crippen molar-refractivity contribution in [1.29, 1.82) is 0 Å². The maximum atomic E-state index is 12.9. The minimum Gasteiger partial charge on any atom is -0.453 e. The molecule has 0 bridgehead atoms. The molecule has 0 fully saturated rings. The second-order valence-electron chi connectivity index (χ2n) is 6.84. The molecule has 168 valence electrons. The van der Waals surface area contributed by atoms with Gasteiger partial charge in [-0.15, -0.1) is 0 Å². The number of fused-ring (bicyclic) bond motifs is 1. The number of H-pyrrole nitrogens is 1. The van der Waals surface area contributed by atoms with E-state index in [0.29, 0.717) is 17.0 Å². The molecule has 0 saturated carbocycles. The Morgan fingerprint density at radius 3 is 2.66 bits per heavy atom. The zero-order valence-electron chi connectivity index (χ0n) is 16.6. The Hall–Kier alpha value is -3.40. The van der Waals surface area contributed by atoms with Gasteiger partial charge in [-0.3, -0.25) is 14.4 Å². The SMILES string of the molecule is CC(OC(=O)CCc1nc2ccccc2c(=O)[nH]1)C(=O)Nc1cc(C(F)(F)F)ccc1Cl. The minimum absolute atomic E-state index is 0.0622. The molecule has 32 heavy (non-hydrogen) atoms. The summed E-state index contributed by atoms with van der Waals surface area (Å²) < 4.78 is 43.6. The number of benzene rings is 2. The van der Waals surface area contributed by atoms with Gasteiger partial charge in [0.15, 0.2) is 6.10 Å². The highest BCUT2D eigenvalue weighted by Crippen LogP contribution is 2.33. The van der Waals surface area contributed by atoms with Crippen LogP contribution in [0.15, 0.2) is 47.3 Å². The Bertz CT molecular complexity index is 1230. The maximum Gasteiger partial charge on any atom is 0.416 e. The smallest absolute Gasteiger partial charge is 0.416 e. The second kappa shape index (κ2) is 9.39. The lowest BCUT2D eigenvalue weighted by molar-refractivity contribution is -0.153. The highest BCUT2D eigenvalue weighted by molar-refractivity contribution is 6.33. The topological polar surface area (TPSA) is 101 Å². The molecule has 0 radical (unpaired) electrons. The maximum absolute atomic E-state index is 12.9. The number of para-hydroxylation sites is 1. The van der Waals surface area contributed by atoms with Crippen molar-refractivity contribution in [2.24, 2.45) is 0 Å². The predicted molar refractivity (Wildman–Crippen MR) is 111 cm³/mol. The molecule has 1 unspecified atom stereocenters. The fraction of sp³-hybridized carbons (Fsp3) is 0.238. The van der Waals surface area contributed by atoms with Gasteiger partial charge < -0.3 is 15.0 Å². The number of halogens is 4. The molecule has 0 saturated heterocycles. The van der Waals surface area contributed by atoms with Crippen LogP contribution in [-0.4, -0.2) is 27.9 Å². The van der Waals surface area contributed by atoms with Crippen molar-refractivity contribution in [1.82, 2.24) is 9.97 Å². The first-order chi connectivity index (χ1) is 15.0. The van der Waals surface area contributed by atoms with Crippen LogP contribution in [-0.2, 0) is 26.9 Å². The molecule has 11 heteroatoms. The van der Waals surface area contributed by atoms with Crippen molar-refractivity contribution in [3.8, 4) is 0 Å². The van der Waals surface area contributed by atoms with E-state index in [4.69, 9.17) is 16.3 Å². The average Bonchev–Trinajstić information content (AvgIpc) is 2.73. The van der Waals surface area contributed by atoms with Crippen LogP contribution in [0.1, 0.15) is 24.7 Å². The van der Waals surface area contributed by atoms with Crippen LogP contribution in [0.5, 0.6) is 0 Å². The van der Waals surface area contributed by atoms with Crippen molar-refractivity contribution in [3.63, 3.8) is 0 Å². The van der Waals surface area contributed by atoms with Crippen LogP contribution in [0, 0.1) is 0 Å². The van der Waals surface area contributed by atoms with Crippen LogP contribution in [0.3, 0.4) is 0 Å². The number of aromatic amines is 1. The normalized spacial score (nSPS) is 12.4. The standard InChI is InChI=1S/C21H17ClF3N3O4/c1-11(19(30)27-16-10-12(21(23,24)25)6-7-14(16)22)32-18(29)9-8-17-26-15-5-3-2-4-13(15)20(31)28-17/h2-7,10-11H,8-9H2,1H3,(H,27,30)(H,26,28,31). The number of rotatable bonds is 6. The van der Waals surface area contributed by atoms with Gasteiger partial charge in [0.2, 0.25) is 0 Å². The predicted octanol–water partition coefficient (Wildman–Crippen LogP) is 4.10. The number of anilines is 1. The zero-order valence-corrected chi connectivity index (χ0v) is 17.4. The van der Waals surface area contributed by atoms with Gasteiger partial charge in [0.05, 0.1) is 33.6 Å². The van der Waals surface area contributed by atoms with E-state index in [1.807, 2.05) is 0 Å². The summed E-state index contributed by atoms with van der Waals surface area (Å²) in [6.07, 6.45) is -6.02. The van der Waals surface area contributed by atoms with E-state index >= 15 is 0 Å². The first kappa shape index (κ1) is 23.3. The Balaban J connectivity index is 1.59. The van der Waals surface area contributed by atoms with Crippen molar-refractivity contribution in [3.05, 3.63) is 69.2 Å². The molecule has 3 rings (SSSR count). The molecule has 0 spiro atoms. The number of amides is 1. The van der Waals surface area contributed by atoms with Gasteiger partial charge in [0, 0.05) is 6.42 Å². The molecule has 0 aliphatic heterocycles. The van der Waals surface area contributed by atoms with E-state index in [0.717, 1.165) is 12.1 Å². The van der Waals surface area contributed by atoms with Gasteiger partial charge in [-0.1, -0.05) is 23.7 Å². The molecule has 3 aromatic rings. The first-order valence-corrected chi connectivity index (χ1v) is 9.77. The number of ether oxygens (including phenoxy) is 1. The number of aryl methyl sites for hydroxylation is 1. The van der Waals surface area contributed by atoms with E-state index in [1.54, 1.807) is 24.3 Å². The fourth-order valence-electron chi connectivity index (χ4n) is 2.82. The van der Waals surface area contributed by atoms with Gasteiger partial charge in [-0.05, 0) is 37.3 Å². The summed E-state index contributed by atoms with van der Waals surface area (Å²) in [7, 11) is 0. The van der Waals surface area contributed by atoms with E-state index in [9.17, 15) is 27.6 Å². The van der Waals surface area contributed by atoms with E-state index in [-0.39, 0.29) is 34.9 Å². The lowest BCUT2D eigenvalue weighted by Gasteiger charge is -2.15. The summed E-state index contributed by atoms with van der Waals surface area (Å²) in [6, 6.07) is 9.20. The second-order valence-corrected chi connectivity index (χ2v) is 7.25. The molecular weight excluding hydrogens is 451 g/mol. The van der Waals surface area contributed by atoms with E-state index in [2.05, 4.69) is 15.3 Å². The summed E-state index contributed by atoms with van der Waals surface area (Å²) >= 11 is 5.85. The van der Waals surface area contributed by atoms with Crippen molar-refractivity contribution in [2.45, 2.75) is 32.0 Å². The Kier molecular flexibility index (Phi) is 6.83. The molecule has 0 aliphatic rings. The number of hydrogen-bond donors (Lipinski definition) is 2. The molecule has 1 heterocycles. The highest BCUT2D eigenvalue weighted by Gasteiger charge is 2.31. The quantitative estimate of drug-likeness (QED) is 0.531. The summed E-state index contributed by atoms with van der Waals surface area (Å²) in [6.45, 7) is 1.27. The summed E-state index contributed by atoms with van der Waals surface area (Å²) in [4.78, 5) is 43.2.